The van der Waals surface area contributed by atoms with Crippen LogP contribution in [0.25, 0.3) is 0 Å². The Morgan fingerprint density at radius 3 is 2.05 bits per heavy atom. The third-order valence-corrected chi connectivity index (χ3v) is 7.31. The Balaban J connectivity index is 1.74. The summed E-state index contributed by atoms with van der Waals surface area (Å²) < 4.78 is 28.8. The number of allylic oxidation sites excluding steroid dienone is 2. The van der Waals surface area contributed by atoms with E-state index in [0.29, 0.717) is 66.1 Å². The van der Waals surface area contributed by atoms with Gasteiger partial charge in [0.05, 0.1) is 39.0 Å². The molecule has 9 heteroatoms. The average molecular weight is 574 g/mol. The first-order valence-corrected chi connectivity index (χ1v) is 13.1. The number of rotatable bonds is 9. The molecule has 0 radical (unpaired) electrons. The van der Waals surface area contributed by atoms with Crippen LogP contribution in [0.3, 0.4) is 0 Å². The Hall–Kier alpha value is -3.20. The molecule has 2 unspecified atom stereocenters. The summed E-state index contributed by atoms with van der Waals surface area (Å²) in [7, 11) is 4.67. The number of amides is 1. The van der Waals surface area contributed by atoms with Crippen molar-refractivity contribution in [2.75, 3.05) is 34.5 Å². The number of methoxy groups -OCH3 is 3. The maximum atomic E-state index is 13.6. The van der Waals surface area contributed by atoms with Crippen molar-refractivity contribution in [2.24, 2.45) is 0 Å². The van der Waals surface area contributed by atoms with E-state index in [1.165, 1.54) is 0 Å². The van der Waals surface area contributed by atoms with E-state index in [4.69, 9.17) is 23.7 Å². The molecule has 0 fully saturated rings. The summed E-state index contributed by atoms with van der Waals surface area (Å²) in [6.07, 6.45) is 1.00. The van der Waals surface area contributed by atoms with E-state index in [-0.39, 0.29) is 29.9 Å². The molecule has 2 aromatic carbocycles. The second-order valence-electron chi connectivity index (χ2n) is 8.88. The van der Waals surface area contributed by atoms with E-state index in [1.54, 1.807) is 21.3 Å². The van der Waals surface area contributed by atoms with Gasteiger partial charge in [-0.1, -0.05) is 0 Å². The van der Waals surface area contributed by atoms with Crippen LogP contribution in [0.1, 0.15) is 56.1 Å². The third-order valence-electron chi connectivity index (χ3n) is 6.72. The number of carbonyl (C=O) groups excluding carboxylic acids is 2. The number of hydrogen-bond donors (Lipinski definition) is 1. The highest BCUT2D eigenvalue weighted by Crippen LogP contribution is 2.48. The number of nitrogens with one attached hydrogen (secondary N) is 1. The Bertz CT molecular complexity index is 1210. The van der Waals surface area contributed by atoms with Crippen LogP contribution in [0.4, 0.5) is 0 Å². The van der Waals surface area contributed by atoms with Crippen LogP contribution in [-0.4, -0.2) is 46.2 Å². The molecule has 1 heterocycles. The fraction of sp³-hybridized carbons (Fsp3) is 0.429. The number of ether oxygens (including phenoxy) is 5. The zero-order chi connectivity index (χ0) is 26.7. The lowest BCUT2D eigenvalue weighted by atomic mass is 9.73. The van der Waals surface area contributed by atoms with Crippen LogP contribution >= 0.6 is 15.9 Å². The molecular weight excluding hydrogens is 542 g/mol. The van der Waals surface area contributed by atoms with Gasteiger partial charge in [0.25, 0.3) is 0 Å². The minimum absolute atomic E-state index is 0.00738. The lowest BCUT2D eigenvalue weighted by molar-refractivity contribution is -0.122. The van der Waals surface area contributed by atoms with E-state index in [9.17, 15) is 9.59 Å². The van der Waals surface area contributed by atoms with E-state index < -0.39 is 0 Å². The maximum absolute atomic E-state index is 13.6. The summed E-state index contributed by atoms with van der Waals surface area (Å²) in [4.78, 5) is 26.5. The summed E-state index contributed by atoms with van der Waals surface area (Å²) in [5.74, 6) is 2.11. The second kappa shape index (κ2) is 11.5. The molecule has 1 amide bonds. The first-order chi connectivity index (χ1) is 17.8. The van der Waals surface area contributed by atoms with Crippen LogP contribution < -0.4 is 29.0 Å². The Morgan fingerprint density at radius 1 is 0.811 bits per heavy atom. The highest BCUT2D eigenvalue weighted by atomic mass is 79.9. The summed E-state index contributed by atoms with van der Waals surface area (Å²) in [5.41, 5.74) is 3.04. The zero-order valence-electron chi connectivity index (χ0n) is 21.7. The van der Waals surface area contributed by atoms with Crippen molar-refractivity contribution in [3.63, 3.8) is 0 Å². The topological polar surface area (TPSA) is 92.3 Å². The highest BCUT2D eigenvalue weighted by molar-refractivity contribution is 9.10. The molecule has 1 N–H and O–H groups in total. The molecule has 198 valence electrons. The normalized spacial score (nSPS) is 19.2. The van der Waals surface area contributed by atoms with Gasteiger partial charge in [0, 0.05) is 30.0 Å². The molecule has 2 atom stereocenters. The van der Waals surface area contributed by atoms with Gasteiger partial charge < -0.3 is 29.0 Å². The first kappa shape index (κ1) is 26.9. The third kappa shape index (κ3) is 5.28. The van der Waals surface area contributed by atoms with Gasteiger partial charge >= 0.3 is 0 Å². The number of benzene rings is 2. The predicted octanol–water partition coefficient (Wildman–Crippen LogP) is 5.28. The van der Waals surface area contributed by atoms with Crippen molar-refractivity contribution in [1.29, 1.82) is 0 Å². The lowest BCUT2D eigenvalue weighted by Crippen LogP contribution is -2.38. The molecular formula is C28H32BrNO7. The standard InChI is InChI=1S/C28H32BrNO7/c1-6-36-24-13-17(8-19(29)27(24)37-7-2)18-14-25(32)30-20-9-15(10-21(31)26(18)20)16-11-22(33-3)28(35-5)23(12-16)34-4/h8,11-13,15,18H,6-7,9-10,14H2,1-5H3,(H,30,32). The lowest BCUT2D eigenvalue weighted by Gasteiger charge is -2.35. The molecule has 1 aliphatic carbocycles. The van der Waals surface area contributed by atoms with Gasteiger partial charge in [-0.2, -0.15) is 0 Å². The van der Waals surface area contributed by atoms with Gasteiger partial charge in [-0.25, -0.2) is 0 Å². The van der Waals surface area contributed by atoms with Crippen molar-refractivity contribution in [3.05, 3.63) is 51.1 Å². The molecule has 0 spiro atoms. The van der Waals surface area contributed by atoms with Crippen LogP contribution in [0, 0.1) is 0 Å². The number of ketones is 1. The molecule has 2 aromatic rings. The van der Waals surface area contributed by atoms with Crippen LogP contribution in [0.15, 0.2) is 40.0 Å². The van der Waals surface area contributed by atoms with Crippen LogP contribution in [0.5, 0.6) is 28.7 Å². The Labute approximate surface area is 225 Å². The van der Waals surface area contributed by atoms with Crippen molar-refractivity contribution < 1.29 is 33.3 Å². The number of halogens is 1. The molecule has 2 aliphatic rings. The van der Waals surface area contributed by atoms with Crippen molar-refractivity contribution in [3.8, 4) is 28.7 Å². The number of carbonyl (C=O) groups is 2. The minimum atomic E-state index is -0.372. The van der Waals surface area contributed by atoms with E-state index in [0.717, 1.165) is 15.6 Å². The van der Waals surface area contributed by atoms with Gasteiger partial charge in [0.2, 0.25) is 11.7 Å². The van der Waals surface area contributed by atoms with Crippen molar-refractivity contribution in [1.82, 2.24) is 5.32 Å². The van der Waals surface area contributed by atoms with Gasteiger partial charge in [0.1, 0.15) is 0 Å². The smallest absolute Gasteiger partial charge is 0.225 e. The average Bonchev–Trinajstić information content (AvgIpc) is 2.88. The van der Waals surface area contributed by atoms with Crippen LogP contribution in [-0.2, 0) is 9.59 Å². The number of Topliss-reactive ketones (excluding diaryl/α,β-unsaturated/α-hetero) is 1. The number of hydrogen-bond acceptors (Lipinski definition) is 7. The monoisotopic (exact) mass is 573 g/mol. The Kier molecular flexibility index (Phi) is 8.32. The van der Waals surface area contributed by atoms with Gasteiger partial charge in [-0.15, -0.1) is 0 Å². The molecule has 8 nitrogen and oxygen atoms in total. The molecule has 0 saturated heterocycles. The van der Waals surface area contributed by atoms with E-state index >= 15 is 0 Å². The van der Waals surface area contributed by atoms with Crippen molar-refractivity contribution >= 4 is 27.6 Å². The maximum Gasteiger partial charge on any atom is 0.225 e. The second-order valence-corrected chi connectivity index (χ2v) is 9.73. The minimum Gasteiger partial charge on any atom is -0.493 e. The highest BCUT2D eigenvalue weighted by Gasteiger charge is 2.39. The summed E-state index contributed by atoms with van der Waals surface area (Å²) in [6, 6.07) is 7.53. The zero-order valence-corrected chi connectivity index (χ0v) is 23.3. The summed E-state index contributed by atoms with van der Waals surface area (Å²) >= 11 is 3.59. The first-order valence-electron chi connectivity index (χ1n) is 12.3. The summed E-state index contributed by atoms with van der Waals surface area (Å²) in [5, 5.41) is 2.98. The quantitative estimate of drug-likeness (QED) is 0.436. The van der Waals surface area contributed by atoms with Crippen molar-refractivity contribution in [2.45, 2.75) is 44.9 Å². The molecule has 0 aromatic heterocycles. The largest absolute Gasteiger partial charge is 0.493 e. The van der Waals surface area contributed by atoms with Gasteiger partial charge in [0.15, 0.2) is 28.8 Å². The van der Waals surface area contributed by atoms with Gasteiger partial charge in [-0.05, 0) is 77.5 Å². The molecule has 0 saturated carbocycles. The SMILES string of the molecule is CCOc1cc(C2CC(=O)NC3=C2C(=O)CC(c2cc(OC)c(OC)c(OC)c2)C3)cc(Br)c1OCC. The fourth-order valence-corrected chi connectivity index (χ4v) is 5.73. The van der Waals surface area contributed by atoms with Crippen LogP contribution in [0.2, 0.25) is 0 Å². The fourth-order valence-electron chi connectivity index (χ4n) is 5.15. The van der Waals surface area contributed by atoms with E-state index in [1.807, 2.05) is 38.1 Å². The van der Waals surface area contributed by atoms with Gasteiger partial charge in [-0.3, -0.25) is 9.59 Å². The molecule has 1 aliphatic heterocycles. The Morgan fingerprint density at radius 2 is 1.46 bits per heavy atom. The molecule has 0 bridgehead atoms. The predicted molar refractivity (Wildman–Crippen MR) is 142 cm³/mol. The molecule has 37 heavy (non-hydrogen) atoms. The molecule has 4 rings (SSSR count). The summed E-state index contributed by atoms with van der Waals surface area (Å²) in [6.45, 7) is 4.76. The van der Waals surface area contributed by atoms with E-state index in [2.05, 4.69) is 21.2 Å².